The van der Waals surface area contributed by atoms with E-state index in [0.717, 1.165) is 16.0 Å². The van der Waals surface area contributed by atoms with E-state index in [-0.39, 0.29) is 11.3 Å². The van der Waals surface area contributed by atoms with Gasteiger partial charge in [-0.2, -0.15) is 0 Å². The van der Waals surface area contributed by atoms with Crippen molar-refractivity contribution in [2.45, 2.75) is 13.8 Å². The summed E-state index contributed by atoms with van der Waals surface area (Å²) in [6.45, 7) is 3.75. The molecule has 30 heavy (non-hydrogen) atoms. The minimum Gasteiger partial charge on any atom is -0.350 e. The zero-order valence-electron chi connectivity index (χ0n) is 16.4. The number of rotatable bonds is 4. The van der Waals surface area contributed by atoms with E-state index in [9.17, 15) is 18.4 Å². The number of anilines is 2. The first-order valence-corrected chi connectivity index (χ1v) is 9.34. The molecule has 1 N–H and O–H groups in total. The molecule has 0 radical (unpaired) electrons. The second kappa shape index (κ2) is 7.55. The zero-order valence-corrected chi connectivity index (χ0v) is 16.4. The third kappa shape index (κ3) is 3.48. The number of benzene rings is 3. The van der Waals surface area contributed by atoms with Gasteiger partial charge < -0.3 is 5.32 Å². The second-order valence-corrected chi connectivity index (χ2v) is 7.12. The summed E-state index contributed by atoms with van der Waals surface area (Å²) in [6.07, 6.45) is 0. The molecule has 3 aromatic carbocycles. The summed E-state index contributed by atoms with van der Waals surface area (Å²) < 4.78 is 26.7. The fourth-order valence-electron chi connectivity index (χ4n) is 3.48. The van der Waals surface area contributed by atoms with Crippen molar-refractivity contribution in [3.63, 3.8) is 0 Å². The minimum atomic E-state index is -0.532. The summed E-state index contributed by atoms with van der Waals surface area (Å²) in [6, 6.07) is 16.3. The number of nitrogens with one attached hydrogen (secondary N) is 1. The van der Waals surface area contributed by atoms with Gasteiger partial charge in [0.1, 0.15) is 17.3 Å². The lowest BCUT2D eigenvalue weighted by Gasteiger charge is -2.18. The van der Waals surface area contributed by atoms with Crippen LogP contribution in [0.4, 0.5) is 20.2 Å². The summed E-state index contributed by atoms with van der Waals surface area (Å²) >= 11 is 0. The monoisotopic (exact) mass is 404 g/mol. The van der Waals surface area contributed by atoms with Crippen LogP contribution in [0.3, 0.4) is 0 Å². The first kappa shape index (κ1) is 19.5. The van der Waals surface area contributed by atoms with E-state index in [2.05, 4.69) is 5.32 Å². The van der Waals surface area contributed by atoms with Crippen molar-refractivity contribution >= 4 is 28.8 Å². The number of halogens is 2. The van der Waals surface area contributed by atoms with Crippen LogP contribution < -0.4 is 10.2 Å². The Bertz CT molecular complexity index is 1180. The van der Waals surface area contributed by atoms with Gasteiger partial charge in [0.25, 0.3) is 11.8 Å². The van der Waals surface area contributed by atoms with Gasteiger partial charge in [0.15, 0.2) is 0 Å². The summed E-state index contributed by atoms with van der Waals surface area (Å²) in [7, 11) is 0. The fraction of sp³-hybridized carbons (Fsp3) is 0.0833. The van der Waals surface area contributed by atoms with Crippen molar-refractivity contribution in [3.05, 3.63) is 101 Å². The Balaban J connectivity index is 1.83. The third-order valence-electron chi connectivity index (χ3n) is 4.92. The quantitative estimate of drug-likeness (QED) is 0.624. The molecule has 4 nitrogen and oxygen atoms in total. The van der Waals surface area contributed by atoms with E-state index in [1.54, 1.807) is 6.07 Å². The van der Waals surface area contributed by atoms with E-state index in [1.807, 2.05) is 26.0 Å². The van der Waals surface area contributed by atoms with Crippen LogP contribution in [-0.2, 0) is 9.59 Å². The van der Waals surface area contributed by atoms with Gasteiger partial charge in [-0.1, -0.05) is 29.8 Å². The first-order valence-electron chi connectivity index (χ1n) is 9.34. The lowest BCUT2D eigenvalue weighted by atomic mass is 10.0. The molecule has 0 aromatic heterocycles. The standard InChI is InChI=1S/C24H18F2N2O2/c1-14-3-12-20(15(2)13-14)28-23(29)21(16-4-6-17(25)7-5-16)22(24(28)30)27-19-10-8-18(26)9-11-19/h3-13,27H,1-2H3. The summed E-state index contributed by atoms with van der Waals surface area (Å²) in [5.41, 5.74) is 3.31. The Morgan fingerprint density at radius 2 is 1.37 bits per heavy atom. The predicted octanol–water partition coefficient (Wildman–Crippen LogP) is 4.98. The molecule has 0 spiro atoms. The van der Waals surface area contributed by atoms with Crippen LogP contribution in [0.1, 0.15) is 16.7 Å². The van der Waals surface area contributed by atoms with Crippen molar-refractivity contribution < 1.29 is 18.4 Å². The average molecular weight is 404 g/mol. The minimum absolute atomic E-state index is 0.0539. The molecular weight excluding hydrogens is 386 g/mol. The van der Waals surface area contributed by atoms with Gasteiger partial charge in [0.2, 0.25) is 0 Å². The highest BCUT2D eigenvalue weighted by molar-refractivity contribution is 6.46. The molecule has 3 aromatic rings. The largest absolute Gasteiger partial charge is 0.350 e. The fourth-order valence-corrected chi connectivity index (χ4v) is 3.48. The molecule has 0 aliphatic carbocycles. The number of carbonyl (C=O) groups is 2. The maximum atomic E-state index is 13.4. The van der Waals surface area contributed by atoms with Crippen LogP contribution in [0.5, 0.6) is 0 Å². The molecule has 4 rings (SSSR count). The Morgan fingerprint density at radius 3 is 1.97 bits per heavy atom. The highest BCUT2D eigenvalue weighted by atomic mass is 19.1. The molecule has 0 fully saturated rings. The average Bonchev–Trinajstić information content (AvgIpc) is 2.95. The number of aryl methyl sites for hydroxylation is 2. The molecule has 1 heterocycles. The molecule has 0 saturated carbocycles. The number of imide groups is 1. The van der Waals surface area contributed by atoms with Gasteiger partial charge in [0.05, 0.1) is 11.3 Å². The van der Waals surface area contributed by atoms with Gasteiger partial charge in [0, 0.05) is 5.69 Å². The van der Waals surface area contributed by atoms with Crippen molar-refractivity contribution in [1.82, 2.24) is 0 Å². The summed E-state index contributed by atoms with van der Waals surface area (Å²) in [5, 5.41) is 2.95. The topological polar surface area (TPSA) is 49.4 Å². The van der Waals surface area contributed by atoms with Crippen molar-refractivity contribution in [3.8, 4) is 0 Å². The van der Waals surface area contributed by atoms with Crippen LogP contribution >= 0.6 is 0 Å². The van der Waals surface area contributed by atoms with Gasteiger partial charge >= 0.3 is 0 Å². The van der Waals surface area contributed by atoms with Crippen molar-refractivity contribution in [2.75, 3.05) is 10.2 Å². The van der Waals surface area contributed by atoms with Crippen LogP contribution in [0, 0.1) is 25.5 Å². The van der Waals surface area contributed by atoms with Crippen LogP contribution in [0.25, 0.3) is 5.57 Å². The molecule has 1 aliphatic heterocycles. The van der Waals surface area contributed by atoms with Crippen LogP contribution in [0.15, 0.2) is 72.4 Å². The van der Waals surface area contributed by atoms with E-state index in [4.69, 9.17) is 0 Å². The molecule has 1 aliphatic rings. The Labute approximate surface area is 172 Å². The van der Waals surface area contributed by atoms with Crippen LogP contribution in [-0.4, -0.2) is 11.8 Å². The van der Waals surface area contributed by atoms with Gasteiger partial charge in [-0.25, -0.2) is 13.7 Å². The number of nitrogens with zero attached hydrogens (tertiary/aromatic N) is 1. The van der Waals surface area contributed by atoms with E-state index in [0.29, 0.717) is 16.9 Å². The summed E-state index contributed by atoms with van der Waals surface area (Å²) in [5.74, 6) is -1.91. The van der Waals surface area contributed by atoms with Crippen LogP contribution in [0.2, 0.25) is 0 Å². The number of carbonyl (C=O) groups excluding carboxylic acids is 2. The van der Waals surface area contributed by atoms with Gasteiger partial charge in [-0.3, -0.25) is 9.59 Å². The smallest absolute Gasteiger partial charge is 0.282 e. The first-order chi connectivity index (χ1) is 14.3. The predicted molar refractivity (Wildman–Crippen MR) is 112 cm³/mol. The molecular formula is C24H18F2N2O2. The molecule has 2 amide bonds. The Morgan fingerprint density at radius 1 is 0.767 bits per heavy atom. The molecule has 0 bridgehead atoms. The Kier molecular flexibility index (Phi) is 4.91. The number of hydrogen-bond donors (Lipinski definition) is 1. The lowest BCUT2D eigenvalue weighted by Crippen LogP contribution is -2.33. The lowest BCUT2D eigenvalue weighted by molar-refractivity contribution is -0.120. The maximum Gasteiger partial charge on any atom is 0.282 e. The number of amides is 2. The molecule has 150 valence electrons. The molecule has 0 atom stereocenters. The third-order valence-corrected chi connectivity index (χ3v) is 4.92. The van der Waals surface area contributed by atoms with E-state index in [1.165, 1.54) is 48.5 Å². The van der Waals surface area contributed by atoms with Crippen molar-refractivity contribution in [2.24, 2.45) is 0 Å². The zero-order chi connectivity index (χ0) is 21.4. The van der Waals surface area contributed by atoms with Gasteiger partial charge in [-0.15, -0.1) is 0 Å². The summed E-state index contributed by atoms with van der Waals surface area (Å²) in [4.78, 5) is 27.8. The number of hydrogen-bond acceptors (Lipinski definition) is 3. The highest BCUT2D eigenvalue weighted by Crippen LogP contribution is 2.35. The molecule has 0 unspecified atom stereocenters. The van der Waals surface area contributed by atoms with Crippen molar-refractivity contribution in [1.29, 1.82) is 0 Å². The van der Waals surface area contributed by atoms with E-state index < -0.39 is 23.4 Å². The molecule has 6 heteroatoms. The maximum absolute atomic E-state index is 13.4. The second-order valence-electron chi connectivity index (χ2n) is 7.12. The van der Waals surface area contributed by atoms with Gasteiger partial charge in [-0.05, 0) is 67.4 Å². The van der Waals surface area contributed by atoms with E-state index >= 15 is 0 Å². The Hall–Kier alpha value is -3.80. The SMILES string of the molecule is Cc1ccc(N2C(=O)C(Nc3ccc(F)cc3)=C(c3ccc(F)cc3)C2=O)c(C)c1. The normalized spacial score (nSPS) is 13.9. The molecule has 0 saturated heterocycles. The highest BCUT2D eigenvalue weighted by Gasteiger charge is 2.40.